The van der Waals surface area contributed by atoms with Crippen LogP contribution >= 0.6 is 0 Å². The minimum Gasteiger partial charge on any atom is -0.481 e. The van der Waals surface area contributed by atoms with E-state index in [2.05, 4.69) is 17.2 Å². The molecule has 0 saturated heterocycles. The molecular formula is C11H17N3O2. The highest BCUT2D eigenvalue weighted by Crippen LogP contribution is 2.31. The molecule has 0 aliphatic heterocycles. The summed E-state index contributed by atoms with van der Waals surface area (Å²) in [6.45, 7) is 2.27. The van der Waals surface area contributed by atoms with Crippen LogP contribution in [0.4, 0.5) is 0 Å². The monoisotopic (exact) mass is 223 g/mol. The average Bonchev–Trinajstić information content (AvgIpc) is 2.66. The molecule has 0 radical (unpaired) electrons. The highest BCUT2D eigenvalue weighted by molar-refractivity contribution is 5.69. The fourth-order valence-corrected chi connectivity index (χ4v) is 2.23. The number of nitrogens with zero attached hydrogens (tertiary/aromatic N) is 3. The molecule has 88 valence electrons. The van der Waals surface area contributed by atoms with E-state index in [-0.39, 0.29) is 6.42 Å². The van der Waals surface area contributed by atoms with Crippen molar-refractivity contribution in [3.05, 3.63) is 11.9 Å². The van der Waals surface area contributed by atoms with Crippen LogP contribution in [-0.2, 0) is 11.2 Å². The molecule has 1 fully saturated rings. The molecule has 1 heterocycles. The third kappa shape index (κ3) is 2.59. The maximum atomic E-state index is 10.5. The molecule has 1 saturated carbocycles. The molecule has 0 bridgehead atoms. The summed E-state index contributed by atoms with van der Waals surface area (Å²) in [5, 5.41) is 16.5. The first-order chi connectivity index (χ1) is 7.65. The fourth-order valence-electron chi connectivity index (χ4n) is 2.23. The number of rotatable bonds is 3. The van der Waals surface area contributed by atoms with Crippen LogP contribution in [0.1, 0.15) is 44.3 Å². The smallest absolute Gasteiger partial charge is 0.309 e. The molecule has 16 heavy (non-hydrogen) atoms. The van der Waals surface area contributed by atoms with Gasteiger partial charge in [0.15, 0.2) is 0 Å². The number of carboxylic acids is 1. The third-order valence-corrected chi connectivity index (χ3v) is 3.25. The number of carbonyl (C=O) groups is 1. The van der Waals surface area contributed by atoms with Crippen molar-refractivity contribution in [2.45, 2.75) is 45.1 Å². The standard InChI is InChI=1S/C11H17N3O2/c1-8-2-4-10(5-3-8)14-7-9(12-13-14)6-11(15)16/h7-8,10H,2-6H2,1H3,(H,15,16). The van der Waals surface area contributed by atoms with Crippen molar-refractivity contribution in [3.8, 4) is 0 Å². The van der Waals surface area contributed by atoms with Gasteiger partial charge in [0.25, 0.3) is 0 Å². The van der Waals surface area contributed by atoms with Gasteiger partial charge in [-0.25, -0.2) is 4.68 Å². The minimum atomic E-state index is -0.857. The molecule has 1 aromatic heterocycles. The Morgan fingerprint density at radius 2 is 2.19 bits per heavy atom. The quantitative estimate of drug-likeness (QED) is 0.846. The van der Waals surface area contributed by atoms with E-state index in [1.54, 1.807) is 6.20 Å². The summed E-state index contributed by atoms with van der Waals surface area (Å²) >= 11 is 0. The van der Waals surface area contributed by atoms with E-state index in [9.17, 15) is 4.79 Å². The lowest BCUT2D eigenvalue weighted by atomic mass is 9.87. The number of hydrogen-bond donors (Lipinski definition) is 1. The molecule has 0 unspecified atom stereocenters. The lowest BCUT2D eigenvalue weighted by molar-refractivity contribution is -0.136. The lowest BCUT2D eigenvalue weighted by Crippen LogP contribution is -2.17. The summed E-state index contributed by atoms with van der Waals surface area (Å²) in [6, 6.07) is 0.409. The van der Waals surface area contributed by atoms with Crippen molar-refractivity contribution in [3.63, 3.8) is 0 Å². The zero-order chi connectivity index (χ0) is 11.5. The van der Waals surface area contributed by atoms with Crippen LogP contribution in [0.15, 0.2) is 6.20 Å². The Morgan fingerprint density at radius 3 is 2.81 bits per heavy atom. The number of carboxylic acid groups (broad SMARTS) is 1. The van der Waals surface area contributed by atoms with Crippen molar-refractivity contribution in [1.82, 2.24) is 15.0 Å². The molecule has 5 heteroatoms. The molecular weight excluding hydrogens is 206 g/mol. The van der Waals surface area contributed by atoms with Gasteiger partial charge in [0, 0.05) is 6.20 Å². The van der Waals surface area contributed by atoms with Crippen LogP contribution in [0.3, 0.4) is 0 Å². The Bertz CT molecular complexity index is 367. The van der Waals surface area contributed by atoms with E-state index in [1.165, 1.54) is 12.8 Å². The van der Waals surface area contributed by atoms with E-state index >= 15 is 0 Å². The molecule has 0 spiro atoms. The van der Waals surface area contributed by atoms with Crippen molar-refractivity contribution < 1.29 is 9.90 Å². The van der Waals surface area contributed by atoms with Gasteiger partial charge in [0.05, 0.1) is 18.2 Å². The van der Waals surface area contributed by atoms with Gasteiger partial charge in [-0.1, -0.05) is 12.1 Å². The summed E-state index contributed by atoms with van der Waals surface area (Å²) < 4.78 is 1.84. The van der Waals surface area contributed by atoms with Crippen LogP contribution in [0.2, 0.25) is 0 Å². The number of hydrogen-bond acceptors (Lipinski definition) is 3. The van der Waals surface area contributed by atoms with Gasteiger partial charge in [0.1, 0.15) is 0 Å². The molecule has 1 N–H and O–H groups in total. The summed E-state index contributed by atoms with van der Waals surface area (Å²) in [7, 11) is 0. The van der Waals surface area contributed by atoms with E-state index in [0.29, 0.717) is 11.7 Å². The van der Waals surface area contributed by atoms with Crippen LogP contribution in [-0.4, -0.2) is 26.1 Å². The molecule has 1 aliphatic carbocycles. The van der Waals surface area contributed by atoms with E-state index < -0.39 is 5.97 Å². The Kier molecular flexibility index (Phi) is 3.22. The summed E-state index contributed by atoms with van der Waals surface area (Å²) in [5.41, 5.74) is 0.547. The normalized spacial score (nSPS) is 25.6. The van der Waals surface area contributed by atoms with Gasteiger partial charge < -0.3 is 5.11 Å². The second kappa shape index (κ2) is 4.63. The summed E-state index contributed by atoms with van der Waals surface area (Å²) in [6.07, 6.45) is 6.42. The average molecular weight is 223 g/mol. The first-order valence-corrected chi connectivity index (χ1v) is 5.77. The van der Waals surface area contributed by atoms with E-state index in [1.807, 2.05) is 4.68 Å². The van der Waals surface area contributed by atoms with Crippen molar-refractivity contribution in [1.29, 1.82) is 0 Å². The Hall–Kier alpha value is -1.39. The maximum absolute atomic E-state index is 10.5. The molecule has 5 nitrogen and oxygen atoms in total. The first kappa shape index (κ1) is 11.1. The second-order valence-electron chi connectivity index (χ2n) is 4.67. The van der Waals surface area contributed by atoms with Gasteiger partial charge in [-0.2, -0.15) is 0 Å². The SMILES string of the molecule is CC1CCC(n2cc(CC(=O)O)nn2)CC1. The third-order valence-electron chi connectivity index (χ3n) is 3.25. The van der Waals surface area contributed by atoms with Gasteiger partial charge in [-0.3, -0.25) is 4.79 Å². The zero-order valence-corrected chi connectivity index (χ0v) is 9.46. The van der Waals surface area contributed by atoms with Crippen LogP contribution in [0.25, 0.3) is 0 Å². The Balaban J connectivity index is 1.99. The van der Waals surface area contributed by atoms with Crippen molar-refractivity contribution in [2.75, 3.05) is 0 Å². The topological polar surface area (TPSA) is 68.0 Å². The minimum absolute atomic E-state index is 0.0386. The van der Waals surface area contributed by atoms with Gasteiger partial charge in [-0.05, 0) is 31.6 Å². The molecule has 1 aliphatic rings. The first-order valence-electron chi connectivity index (χ1n) is 5.77. The Morgan fingerprint density at radius 1 is 1.50 bits per heavy atom. The fraction of sp³-hybridized carbons (Fsp3) is 0.727. The van der Waals surface area contributed by atoms with Crippen LogP contribution in [0.5, 0.6) is 0 Å². The van der Waals surface area contributed by atoms with Gasteiger partial charge in [-0.15, -0.1) is 5.10 Å². The maximum Gasteiger partial charge on any atom is 0.309 e. The van der Waals surface area contributed by atoms with E-state index in [4.69, 9.17) is 5.11 Å². The summed E-state index contributed by atoms with van der Waals surface area (Å²) in [5.74, 6) is -0.0532. The molecule has 0 atom stereocenters. The second-order valence-corrected chi connectivity index (χ2v) is 4.67. The van der Waals surface area contributed by atoms with Gasteiger partial charge in [0.2, 0.25) is 0 Å². The molecule has 2 rings (SSSR count). The summed E-state index contributed by atoms with van der Waals surface area (Å²) in [4.78, 5) is 10.5. The zero-order valence-electron chi connectivity index (χ0n) is 9.46. The van der Waals surface area contributed by atoms with Gasteiger partial charge >= 0.3 is 5.97 Å². The van der Waals surface area contributed by atoms with Crippen LogP contribution in [0, 0.1) is 5.92 Å². The molecule has 1 aromatic rings. The van der Waals surface area contributed by atoms with Crippen molar-refractivity contribution in [2.24, 2.45) is 5.92 Å². The van der Waals surface area contributed by atoms with E-state index in [0.717, 1.165) is 18.8 Å². The molecule has 0 aromatic carbocycles. The highest BCUT2D eigenvalue weighted by Gasteiger charge is 2.20. The Labute approximate surface area is 94.5 Å². The molecule has 0 amide bonds. The van der Waals surface area contributed by atoms with Crippen molar-refractivity contribution >= 4 is 5.97 Å². The highest BCUT2D eigenvalue weighted by atomic mass is 16.4. The predicted molar refractivity (Wildman–Crippen MR) is 58.0 cm³/mol. The lowest BCUT2D eigenvalue weighted by Gasteiger charge is -2.25. The largest absolute Gasteiger partial charge is 0.481 e. The number of aliphatic carboxylic acids is 1. The number of aromatic nitrogens is 3. The predicted octanol–water partition coefficient (Wildman–Crippen LogP) is 1.66. The van der Waals surface area contributed by atoms with Crippen LogP contribution < -0.4 is 0 Å².